The molecule has 0 atom stereocenters. The molecule has 0 aliphatic carbocycles. The first-order valence-corrected chi connectivity index (χ1v) is 7.68. The van der Waals surface area contributed by atoms with E-state index in [4.69, 9.17) is 4.74 Å². The Labute approximate surface area is 139 Å². The molecule has 0 bridgehead atoms. The molecule has 0 aliphatic rings. The monoisotopic (exact) mass is 328 g/mol. The van der Waals surface area contributed by atoms with Crippen LogP contribution < -0.4 is 5.32 Å². The first kappa shape index (κ1) is 16.1. The average Bonchev–Trinajstić information content (AvgIpc) is 3.16. The Balaban J connectivity index is 1.72. The number of ether oxygens (including phenoxy) is 1. The third-order valence-corrected chi connectivity index (χ3v) is 3.72. The number of nitrogens with zero attached hydrogens (tertiary/aromatic N) is 5. The van der Waals surface area contributed by atoms with Crippen LogP contribution in [0.5, 0.6) is 0 Å². The Hall–Kier alpha value is -2.74. The maximum absolute atomic E-state index is 12.4. The van der Waals surface area contributed by atoms with Gasteiger partial charge in [0.25, 0.3) is 5.91 Å². The Kier molecular flexibility index (Phi) is 4.57. The molecule has 3 heterocycles. The fourth-order valence-electron chi connectivity index (χ4n) is 2.50. The van der Waals surface area contributed by atoms with Gasteiger partial charge in [-0.2, -0.15) is 5.10 Å². The lowest BCUT2D eigenvalue weighted by Gasteiger charge is -2.09. The van der Waals surface area contributed by atoms with Crippen molar-refractivity contribution in [1.82, 2.24) is 29.5 Å². The average molecular weight is 328 g/mol. The highest BCUT2D eigenvalue weighted by atomic mass is 16.5. The van der Waals surface area contributed by atoms with E-state index in [0.29, 0.717) is 31.0 Å². The topological polar surface area (TPSA) is 86.3 Å². The maximum Gasteiger partial charge on any atom is 0.270 e. The molecule has 3 aromatic heterocycles. The standard InChI is InChI=1S/C16H20N6O2/c1-11-6-15-19-14(7-12(2)22(15)20-11)16(23)18-9-13-8-17-10-21(13)4-5-24-3/h6-8,10H,4-5,9H2,1-3H3,(H,18,23). The summed E-state index contributed by atoms with van der Waals surface area (Å²) in [5.41, 5.74) is 3.69. The van der Waals surface area contributed by atoms with Crippen LogP contribution >= 0.6 is 0 Å². The zero-order valence-electron chi connectivity index (χ0n) is 14.0. The van der Waals surface area contributed by atoms with Crippen molar-refractivity contribution in [2.45, 2.75) is 26.9 Å². The molecule has 0 saturated carbocycles. The summed E-state index contributed by atoms with van der Waals surface area (Å²) in [4.78, 5) is 20.9. The molecule has 1 amide bonds. The summed E-state index contributed by atoms with van der Waals surface area (Å²) in [7, 11) is 1.65. The number of methoxy groups -OCH3 is 1. The van der Waals surface area contributed by atoms with E-state index in [0.717, 1.165) is 17.1 Å². The molecule has 8 nitrogen and oxygen atoms in total. The van der Waals surface area contributed by atoms with E-state index in [-0.39, 0.29) is 5.91 Å². The molecule has 0 aromatic carbocycles. The van der Waals surface area contributed by atoms with Crippen molar-refractivity contribution in [3.05, 3.63) is 47.4 Å². The number of rotatable bonds is 6. The zero-order chi connectivity index (χ0) is 17.1. The largest absolute Gasteiger partial charge is 0.383 e. The minimum Gasteiger partial charge on any atom is -0.383 e. The van der Waals surface area contributed by atoms with Crippen molar-refractivity contribution in [2.75, 3.05) is 13.7 Å². The minimum absolute atomic E-state index is 0.223. The smallest absolute Gasteiger partial charge is 0.270 e. The molecule has 1 N–H and O–H groups in total. The number of carbonyl (C=O) groups is 1. The second-order valence-corrected chi connectivity index (χ2v) is 5.59. The van der Waals surface area contributed by atoms with Crippen LogP contribution in [0, 0.1) is 13.8 Å². The highest BCUT2D eigenvalue weighted by Gasteiger charge is 2.12. The predicted octanol–water partition coefficient (Wildman–Crippen LogP) is 1.12. The minimum atomic E-state index is -0.223. The van der Waals surface area contributed by atoms with Crippen LogP contribution in [0.25, 0.3) is 5.65 Å². The van der Waals surface area contributed by atoms with Crippen LogP contribution in [0.3, 0.4) is 0 Å². The summed E-state index contributed by atoms with van der Waals surface area (Å²) < 4.78 is 8.75. The summed E-state index contributed by atoms with van der Waals surface area (Å²) in [6.45, 7) is 5.47. The van der Waals surface area contributed by atoms with Gasteiger partial charge in [0.1, 0.15) is 5.69 Å². The molecular formula is C16H20N6O2. The number of aromatic nitrogens is 5. The van der Waals surface area contributed by atoms with Gasteiger partial charge in [0, 0.05) is 31.6 Å². The van der Waals surface area contributed by atoms with Crippen molar-refractivity contribution in [1.29, 1.82) is 0 Å². The quantitative estimate of drug-likeness (QED) is 0.733. The Bertz CT molecular complexity index is 867. The first-order valence-electron chi connectivity index (χ1n) is 7.68. The molecule has 0 fully saturated rings. The molecule has 126 valence electrons. The normalized spacial score (nSPS) is 11.1. The first-order chi connectivity index (χ1) is 11.6. The number of hydrogen-bond acceptors (Lipinski definition) is 5. The van der Waals surface area contributed by atoms with E-state index in [1.165, 1.54) is 0 Å². The fourth-order valence-corrected chi connectivity index (χ4v) is 2.50. The summed E-state index contributed by atoms with van der Waals surface area (Å²) in [5, 5.41) is 7.22. The van der Waals surface area contributed by atoms with E-state index in [1.54, 1.807) is 30.2 Å². The summed E-state index contributed by atoms with van der Waals surface area (Å²) in [6.07, 6.45) is 3.46. The van der Waals surface area contributed by atoms with Crippen LogP contribution in [0.4, 0.5) is 0 Å². The van der Waals surface area contributed by atoms with Gasteiger partial charge < -0.3 is 14.6 Å². The molecule has 0 aliphatic heterocycles. The molecule has 0 saturated heterocycles. The van der Waals surface area contributed by atoms with Gasteiger partial charge in [-0.25, -0.2) is 14.5 Å². The number of aryl methyl sites for hydroxylation is 2. The van der Waals surface area contributed by atoms with Gasteiger partial charge in [0.2, 0.25) is 0 Å². The van der Waals surface area contributed by atoms with Gasteiger partial charge >= 0.3 is 0 Å². The van der Waals surface area contributed by atoms with Crippen molar-refractivity contribution in [3.8, 4) is 0 Å². The lowest BCUT2D eigenvalue weighted by Crippen LogP contribution is -2.25. The SMILES string of the molecule is COCCn1cncc1CNC(=O)c1cc(C)n2nc(C)cc2n1. The second kappa shape index (κ2) is 6.79. The molecule has 0 spiro atoms. The summed E-state index contributed by atoms with van der Waals surface area (Å²) in [5.74, 6) is -0.223. The highest BCUT2D eigenvalue weighted by Crippen LogP contribution is 2.09. The Morgan fingerprint density at radius 3 is 2.96 bits per heavy atom. The van der Waals surface area contributed by atoms with Crippen LogP contribution in [0.1, 0.15) is 27.6 Å². The van der Waals surface area contributed by atoms with Gasteiger partial charge in [0.15, 0.2) is 5.65 Å². The van der Waals surface area contributed by atoms with E-state index in [9.17, 15) is 4.79 Å². The van der Waals surface area contributed by atoms with Gasteiger partial charge in [-0.1, -0.05) is 0 Å². The van der Waals surface area contributed by atoms with Crippen LogP contribution in [0.15, 0.2) is 24.7 Å². The number of carbonyl (C=O) groups excluding carboxylic acids is 1. The Morgan fingerprint density at radius 2 is 2.17 bits per heavy atom. The van der Waals surface area contributed by atoms with E-state index >= 15 is 0 Å². The third kappa shape index (κ3) is 3.28. The van der Waals surface area contributed by atoms with Crippen LogP contribution in [0.2, 0.25) is 0 Å². The fraction of sp³-hybridized carbons (Fsp3) is 0.375. The van der Waals surface area contributed by atoms with Gasteiger partial charge in [0.05, 0.1) is 30.9 Å². The van der Waals surface area contributed by atoms with Crippen LogP contribution in [-0.4, -0.2) is 43.8 Å². The molecule has 0 unspecified atom stereocenters. The molecular weight excluding hydrogens is 308 g/mol. The molecule has 3 rings (SSSR count). The number of hydrogen-bond donors (Lipinski definition) is 1. The van der Waals surface area contributed by atoms with E-state index in [2.05, 4.69) is 20.4 Å². The van der Waals surface area contributed by atoms with Crippen molar-refractivity contribution < 1.29 is 9.53 Å². The van der Waals surface area contributed by atoms with Gasteiger partial charge in [-0.15, -0.1) is 0 Å². The Morgan fingerprint density at radius 1 is 1.33 bits per heavy atom. The number of fused-ring (bicyclic) bond motifs is 1. The molecule has 0 radical (unpaired) electrons. The number of nitrogens with one attached hydrogen (secondary N) is 1. The van der Waals surface area contributed by atoms with Gasteiger partial charge in [-0.05, 0) is 19.9 Å². The van der Waals surface area contributed by atoms with Crippen molar-refractivity contribution in [3.63, 3.8) is 0 Å². The second-order valence-electron chi connectivity index (χ2n) is 5.59. The van der Waals surface area contributed by atoms with Crippen LogP contribution in [-0.2, 0) is 17.8 Å². The van der Waals surface area contributed by atoms with Crippen molar-refractivity contribution in [2.24, 2.45) is 0 Å². The maximum atomic E-state index is 12.4. The van der Waals surface area contributed by atoms with E-state index < -0.39 is 0 Å². The van der Waals surface area contributed by atoms with Gasteiger partial charge in [-0.3, -0.25) is 4.79 Å². The van der Waals surface area contributed by atoms with Crippen molar-refractivity contribution >= 4 is 11.6 Å². The lowest BCUT2D eigenvalue weighted by atomic mass is 10.3. The summed E-state index contributed by atoms with van der Waals surface area (Å²) >= 11 is 0. The highest BCUT2D eigenvalue weighted by molar-refractivity contribution is 5.92. The molecule has 24 heavy (non-hydrogen) atoms. The third-order valence-electron chi connectivity index (χ3n) is 3.72. The molecule has 3 aromatic rings. The number of amides is 1. The lowest BCUT2D eigenvalue weighted by molar-refractivity contribution is 0.0945. The zero-order valence-corrected chi connectivity index (χ0v) is 14.0. The molecule has 8 heteroatoms. The predicted molar refractivity (Wildman–Crippen MR) is 87.7 cm³/mol. The van der Waals surface area contributed by atoms with E-state index in [1.807, 2.05) is 24.5 Å². The summed E-state index contributed by atoms with van der Waals surface area (Å²) in [6, 6.07) is 3.58. The number of imidazole rings is 1.